The molecule has 0 atom stereocenters. The first-order chi connectivity index (χ1) is 14.1. The van der Waals surface area contributed by atoms with Crippen LogP contribution in [0, 0.1) is 10.8 Å². The average molecular weight is 401 g/mol. The van der Waals surface area contributed by atoms with Crippen LogP contribution in [0.15, 0.2) is 6.07 Å². The molecule has 4 saturated heterocycles. The molecule has 2 spiro atoms. The van der Waals surface area contributed by atoms with E-state index in [9.17, 15) is 0 Å². The van der Waals surface area contributed by atoms with Crippen LogP contribution in [0.1, 0.15) is 64.0 Å². The van der Waals surface area contributed by atoms with Crippen LogP contribution in [0.2, 0.25) is 0 Å². The van der Waals surface area contributed by atoms with Crippen molar-refractivity contribution in [1.29, 1.82) is 0 Å². The van der Waals surface area contributed by atoms with Gasteiger partial charge in [-0.05, 0) is 55.3 Å². The van der Waals surface area contributed by atoms with Gasteiger partial charge >= 0.3 is 0 Å². The van der Waals surface area contributed by atoms with E-state index in [2.05, 4.69) is 29.7 Å². The Labute approximate surface area is 175 Å². The molecule has 0 aromatic carbocycles. The third-order valence-electron chi connectivity index (χ3n) is 7.94. The van der Waals surface area contributed by atoms with Gasteiger partial charge in [0.15, 0.2) is 0 Å². The van der Waals surface area contributed by atoms with E-state index in [1.807, 2.05) is 0 Å². The van der Waals surface area contributed by atoms with Gasteiger partial charge in [-0.25, -0.2) is 4.98 Å². The molecule has 5 heterocycles. The molecule has 0 aliphatic carbocycles. The highest BCUT2D eigenvalue weighted by molar-refractivity contribution is 5.47. The molecule has 6 nitrogen and oxygen atoms in total. The Balaban J connectivity index is 1.33. The maximum absolute atomic E-state index is 5.71. The van der Waals surface area contributed by atoms with Crippen molar-refractivity contribution in [2.45, 2.75) is 58.3 Å². The van der Waals surface area contributed by atoms with Crippen molar-refractivity contribution in [2.24, 2.45) is 10.8 Å². The minimum absolute atomic E-state index is 0.411. The Kier molecular flexibility index (Phi) is 5.19. The monoisotopic (exact) mass is 400 g/mol. The smallest absolute Gasteiger partial charge is 0.227 e. The van der Waals surface area contributed by atoms with E-state index >= 15 is 0 Å². The van der Waals surface area contributed by atoms with Crippen LogP contribution >= 0.6 is 0 Å². The Morgan fingerprint density at radius 2 is 1.34 bits per heavy atom. The van der Waals surface area contributed by atoms with Crippen LogP contribution < -0.4 is 9.80 Å². The summed E-state index contributed by atoms with van der Waals surface area (Å²) in [5, 5.41) is 0. The first-order valence-corrected chi connectivity index (χ1v) is 11.6. The van der Waals surface area contributed by atoms with Gasteiger partial charge in [-0.15, -0.1) is 0 Å². The van der Waals surface area contributed by atoms with E-state index in [0.29, 0.717) is 16.7 Å². The second-order valence-corrected chi connectivity index (χ2v) is 10.2. The van der Waals surface area contributed by atoms with Gasteiger partial charge in [-0.2, -0.15) is 4.98 Å². The fraction of sp³-hybridized carbons (Fsp3) is 0.826. The van der Waals surface area contributed by atoms with Crippen molar-refractivity contribution in [3.05, 3.63) is 11.8 Å². The number of rotatable bonds is 3. The normalized spacial score (nSPS) is 26.2. The van der Waals surface area contributed by atoms with E-state index in [0.717, 1.165) is 64.4 Å². The lowest BCUT2D eigenvalue weighted by molar-refractivity contribution is 0.133. The molecule has 4 aliphatic rings. The molecule has 0 radical (unpaired) electrons. The molecular weight excluding hydrogens is 364 g/mol. The first-order valence-electron chi connectivity index (χ1n) is 11.6. The molecule has 0 N–H and O–H groups in total. The van der Waals surface area contributed by atoms with E-state index < -0.39 is 0 Å². The predicted octanol–water partition coefficient (Wildman–Crippen LogP) is 3.61. The van der Waals surface area contributed by atoms with Gasteiger partial charge in [0.2, 0.25) is 5.95 Å². The molecule has 0 amide bonds. The second kappa shape index (κ2) is 7.69. The number of ether oxygens (including phenoxy) is 2. The van der Waals surface area contributed by atoms with Crippen molar-refractivity contribution in [3.8, 4) is 0 Å². The molecule has 6 heteroatoms. The molecular formula is C23H36N4O2. The van der Waals surface area contributed by atoms with Crippen molar-refractivity contribution >= 4 is 11.8 Å². The number of aromatic nitrogens is 2. The first kappa shape index (κ1) is 19.6. The topological polar surface area (TPSA) is 50.7 Å². The van der Waals surface area contributed by atoms with Crippen molar-refractivity contribution in [2.75, 3.05) is 62.4 Å². The molecule has 5 rings (SSSR count). The minimum atomic E-state index is 0.411. The molecule has 1 aromatic rings. The lowest BCUT2D eigenvalue weighted by atomic mass is 9.78. The summed E-state index contributed by atoms with van der Waals surface area (Å²) in [7, 11) is 0. The third-order valence-corrected chi connectivity index (χ3v) is 7.94. The van der Waals surface area contributed by atoms with Crippen molar-refractivity contribution in [3.63, 3.8) is 0 Å². The Bertz CT molecular complexity index is 651. The van der Waals surface area contributed by atoms with Crippen molar-refractivity contribution < 1.29 is 9.47 Å². The molecule has 0 unspecified atom stereocenters. The molecule has 4 aliphatic heterocycles. The Morgan fingerprint density at radius 1 is 0.793 bits per heavy atom. The SMILES string of the molecule is CC(C)c1cc(N2CCC3(CCOC3)CC2)nc(N2CCC3(CCOC3)CC2)n1. The van der Waals surface area contributed by atoms with Crippen LogP contribution in [0.4, 0.5) is 11.8 Å². The molecule has 0 bridgehead atoms. The fourth-order valence-electron chi connectivity index (χ4n) is 5.52. The zero-order valence-corrected chi connectivity index (χ0v) is 18.2. The molecule has 4 fully saturated rings. The largest absolute Gasteiger partial charge is 0.381 e. The number of nitrogens with zero attached hydrogens (tertiary/aromatic N) is 4. The molecule has 29 heavy (non-hydrogen) atoms. The lowest BCUT2D eigenvalue weighted by Crippen LogP contribution is -2.42. The Morgan fingerprint density at radius 3 is 1.83 bits per heavy atom. The highest BCUT2D eigenvalue weighted by Crippen LogP contribution is 2.41. The van der Waals surface area contributed by atoms with Gasteiger partial charge < -0.3 is 19.3 Å². The summed E-state index contributed by atoms with van der Waals surface area (Å²) in [6.07, 6.45) is 7.28. The van der Waals surface area contributed by atoms with Gasteiger partial charge in [0.25, 0.3) is 0 Å². The van der Waals surface area contributed by atoms with Crippen molar-refractivity contribution in [1.82, 2.24) is 9.97 Å². The average Bonchev–Trinajstić information content (AvgIpc) is 3.39. The number of piperidine rings is 2. The highest BCUT2D eigenvalue weighted by atomic mass is 16.5. The van der Waals surface area contributed by atoms with Gasteiger partial charge in [-0.1, -0.05) is 13.8 Å². The van der Waals surface area contributed by atoms with Gasteiger partial charge in [0.05, 0.1) is 18.9 Å². The zero-order chi connectivity index (χ0) is 19.9. The summed E-state index contributed by atoms with van der Waals surface area (Å²) < 4.78 is 11.4. The number of hydrogen-bond donors (Lipinski definition) is 0. The summed E-state index contributed by atoms with van der Waals surface area (Å²) in [6.45, 7) is 12.5. The molecule has 1 aromatic heterocycles. The van der Waals surface area contributed by atoms with E-state index in [1.165, 1.54) is 44.2 Å². The Hall–Kier alpha value is -1.40. The van der Waals surface area contributed by atoms with Crippen LogP contribution in [-0.2, 0) is 9.47 Å². The predicted molar refractivity (Wildman–Crippen MR) is 115 cm³/mol. The standard InChI is InChI=1S/C23H36N4O2/c1-18(2)19-15-20(26-9-3-22(4-10-26)7-13-28-16-22)25-21(24-19)27-11-5-23(6-12-27)8-14-29-17-23/h15,18H,3-14,16-17H2,1-2H3. The maximum Gasteiger partial charge on any atom is 0.227 e. The van der Waals surface area contributed by atoms with E-state index in [1.54, 1.807) is 0 Å². The van der Waals surface area contributed by atoms with Crippen LogP contribution in [0.25, 0.3) is 0 Å². The fourth-order valence-corrected chi connectivity index (χ4v) is 5.52. The lowest BCUT2D eigenvalue weighted by Gasteiger charge is -2.40. The molecule has 0 saturated carbocycles. The number of hydrogen-bond acceptors (Lipinski definition) is 6. The van der Waals surface area contributed by atoms with E-state index in [4.69, 9.17) is 19.4 Å². The van der Waals surface area contributed by atoms with Gasteiger partial charge in [-0.3, -0.25) is 0 Å². The summed E-state index contributed by atoms with van der Waals surface area (Å²) in [5.74, 6) is 2.47. The summed E-state index contributed by atoms with van der Waals surface area (Å²) in [4.78, 5) is 14.9. The third kappa shape index (κ3) is 3.86. The summed E-state index contributed by atoms with van der Waals surface area (Å²) >= 11 is 0. The minimum Gasteiger partial charge on any atom is -0.381 e. The van der Waals surface area contributed by atoms with Crippen LogP contribution in [0.5, 0.6) is 0 Å². The van der Waals surface area contributed by atoms with Gasteiger partial charge in [0, 0.05) is 45.5 Å². The second-order valence-electron chi connectivity index (χ2n) is 10.2. The van der Waals surface area contributed by atoms with Gasteiger partial charge in [0.1, 0.15) is 5.82 Å². The summed E-state index contributed by atoms with van der Waals surface area (Å²) in [6, 6.07) is 2.23. The summed E-state index contributed by atoms with van der Waals surface area (Å²) in [5.41, 5.74) is 2.01. The van der Waals surface area contributed by atoms with Crippen LogP contribution in [-0.4, -0.2) is 62.6 Å². The molecule has 160 valence electrons. The zero-order valence-electron chi connectivity index (χ0n) is 18.2. The highest BCUT2D eigenvalue weighted by Gasteiger charge is 2.40. The number of anilines is 2. The van der Waals surface area contributed by atoms with E-state index in [-0.39, 0.29) is 0 Å². The quantitative estimate of drug-likeness (QED) is 0.773. The van der Waals surface area contributed by atoms with Crippen LogP contribution in [0.3, 0.4) is 0 Å². The maximum atomic E-state index is 5.71.